The van der Waals surface area contributed by atoms with Gasteiger partial charge >= 0.3 is 0 Å². The maximum atomic E-state index is 11.6. The van der Waals surface area contributed by atoms with Gasteiger partial charge in [-0.15, -0.1) is 22.9 Å². The largest absolute Gasteiger partial charge is 0.345 e. The van der Waals surface area contributed by atoms with Crippen molar-refractivity contribution in [1.82, 2.24) is 10.3 Å². The molecule has 1 aromatic rings. The molecule has 1 rings (SSSR count). The van der Waals surface area contributed by atoms with Crippen LogP contribution in [0.5, 0.6) is 0 Å². The van der Waals surface area contributed by atoms with Crippen LogP contribution in [0.15, 0.2) is 11.7 Å². The monoisotopic (exact) mass is 232 g/mol. The van der Waals surface area contributed by atoms with E-state index >= 15 is 0 Å². The normalized spacial score (nSPS) is 13.7. The highest BCUT2D eigenvalue weighted by Gasteiger charge is 2.26. The number of halogens is 1. The van der Waals surface area contributed by atoms with Crippen molar-refractivity contribution in [3.8, 4) is 0 Å². The van der Waals surface area contributed by atoms with E-state index in [1.807, 2.05) is 20.8 Å². The van der Waals surface area contributed by atoms with Gasteiger partial charge in [-0.05, 0) is 20.8 Å². The summed E-state index contributed by atoms with van der Waals surface area (Å²) in [7, 11) is 0. The summed E-state index contributed by atoms with van der Waals surface area (Å²) in [6.45, 7) is 5.64. The fraction of sp³-hybridized carbons (Fsp3) is 0.556. The Bertz CT molecular complexity index is 309. The first kappa shape index (κ1) is 11.5. The average Bonchev–Trinajstić information content (AvgIpc) is 2.54. The maximum Gasteiger partial charge on any atom is 0.263 e. The van der Waals surface area contributed by atoms with Gasteiger partial charge in [-0.25, -0.2) is 0 Å². The average molecular weight is 233 g/mol. The zero-order valence-corrected chi connectivity index (χ0v) is 9.95. The van der Waals surface area contributed by atoms with E-state index in [1.54, 1.807) is 11.7 Å². The molecule has 0 bridgehead atoms. The van der Waals surface area contributed by atoms with E-state index in [0.29, 0.717) is 4.88 Å². The number of thiazole rings is 1. The molecule has 1 aromatic heterocycles. The van der Waals surface area contributed by atoms with E-state index in [2.05, 4.69) is 10.3 Å². The van der Waals surface area contributed by atoms with Gasteiger partial charge in [-0.2, -0.15) is 0 Å². The van der Waals surface area contributed by atoms with Crippen LogP contribution in [0.25, 0.3) is 0 Å². The maximum absolute atomic E-state index is 11.6. The topological polar surface area (TPSA) is 42.0 Å². The molecular weight excluding hydrogens is 220 g/mol. The molecule has 0 aliphatic heterocycles. The number of hydrogen-bond acceptors (Lipinski definition) is 3. The molecule has 0 spiro atoms. The third-order valence-electron chi connectivity index (χ3n) is 2.09. The highest BCUT2D eigenvalue weighted by atomic mass is 35.5. The standard InChI is InChI=1S/C9H13ClN2OS/c1-6(10)9(2,3)12-8(13)7-4-11-5-14-7/h4-6H,1-3H3,(H,12,13). The van der Waals surface area contributed by atoms with Gasteiger partial charge in [-0.1, -0.05) is 0 Å². The molecular formula is C9H13ClN2OS. The molecule has 0 fully saturated rings. The Morgan fingerprint density at radius 3 is 2.79 bits per heavy atom. The van der Waals surface area contributed by atoms with E-state index in [1.165, 1.54) is 11.3 Å². The number of amides is 1. The summed E-state index contributed by atoms with van der Waals surface area (Å²) in [4.78, 5) is 16.1. The summed E-state index contributed by atoms with van der Waals surface area (Å²) in [5.74, 6) is -0.120. The van der Waals surface area contributed by atoms with Crippen LogP contribution >= 0.6 is 22.9 Å². The molecule has 0 aromatic carbocycles. The molecule has 0 saturated carbocycles. The Kier molecular flexibility index (Phi) is 3.50. The third-order valence-corrected chi connectivity index (χ3v) is 3.40. The van der Waals surface area contributed by atoms with Crippen LogP contribution in [-0.4, -0.2) is 21.8 Å². The lowest BCUT2D eigenvalue weighted by atomic mass is 10.0. The Morgan fingerprint density at radius 2 is 2.36 bits per heavy atom. The minimum Gasteiger partial charge on any atom is -0.345 e. The van der Waals surface area contributed by atoms with Gasteiger partial charge in [0.2, 0.25) is 0 Å². The highest BCUT2D eigenvalue weighted by Crippen LogP contribution is 2.16. The van der Waals surface area contributed by atoms with Crippen molar-refractivity contribution >= 4 is 28.8 Å². The first-order chi connectivity index (χ1) is 6.43. The fourth-order valence-electron chi connectivity index (χ4n) is 0.782. The van der Waals surface area contributed by atoms with Gasteiger partial charge in [0, 0.05) is 0 Å². The predicted octanol–water partition coefficient (Wildman–Crippen LogP) is 2.28. The molecule has 1 heterocycles. The number of aromatic nitrogens is 1. The fourth-order valence-corrected chi connectivity index (χ4v) is 1.35. The second-order valence-corrected chi connectivity index (χ2v) is 5.20. The van der Waals surface area contributed by atoms with Crippen molar-refractivity contribution in [2.75, 3.05) is 0 Å². The molecule has 5 heteroatoms. The van der Waals surface area contributed by atoms with Crippen molar-refractivity contribution in [3.63, 3.8) is 0 Å². The van der Waals surface area contributed by atoms with E-state index in [9.17, 15) is 4.79 Å². The lowest BCUT2D eigenvalue weighted by Crippen LogP contribution is -2.48. The summed E-state index contributed by atoms with van der Waals surface area (Å²) in [5.41, 5.74) is 1.22. The number of rotatable bonds is 3. The van der Waals surface area contributed by atoms with Crippen LogP contribution in [-0.2, 0) is 0 Å². The van der Waals surface area contributed by atoms with Gasteiger partial charge in [0.15, 0.2) is 0 Å². The third kappa shape index (κ3) is 2.69. The molecule has 0 aliphatic rings. The SMILES string of the molecule is CC(Cl)C(C)(C)NC(=O)c1cncs1. The number of hydrogen-bond donors (Lipinski definition) is 1. The number of nitrogens with one attached hydrogen (secondary N) is 1. The second kappa shape index (κ2) is 4.28. The molecule has 0 aliphatic carbocycles. The zero-order valence-electron chi connectivity index (χ0n) is 8.37. The molecule has 0 saturated heterocycles. The minimum absolute atomic E-state index is 0.120. The Labute approximate surface area is 92.5 Å². The highest BCUT2D eigenvalue weighted by molar-refractivity contribution is 7.11. The molecule has 3 nitrogen and oxygen atoms in total. The van der Waals surface area contributed by atoms with Crippen LogP contribution in [0.4, 0.5) is 0 Å². The van der Waals surface area contributed by atoms with E-state index < -0.39 is 5.54 Å². The van der Waals surface area contributed by atoms with Crippen molar-refractivity contribution < 1.29 is 4.79 Å². The molecule has 78 valence electrons. The van der Waals surface area contributed by atoms with Crippen LogP contribution in [0.3, 0.4) is 0 Å². The van der Waals surface area contributed by atoms with E-state index in [4.69, 9.17) is 11.6 Å². The van der Waals surface area contributed by atoms with Crippen molar-refractivity contribution in [2.45, 2.75) is 31.7 Å². The van der Waals surface area contributed by atoms with E-state index in [0.717, 1.165) is 0 Å². The summed E-state index contributed by atoms with van der Waals surface area (Å²) >= 11 is 7.27. The van der Waals surface area contributed by atoms with Crippen molar-refractivity contribution in [3.05, 3.63) is 16.6 Å². The quantitative estimate of drug-likeness (QED) is 0.813. The van der Waals surface area contributed by atoms with Gasteiger partial charge < -0.3 is 5.32 Å². The molecule has 1 unspecified atom stereocenters. The number of alkyl halides is 1. The number of carbonyl (C=O) groups excluding carboxylic acids is 1. The van der Waals surface area contributed by atoms with Crippen LogP contribution in [0.1, 0.15) is 30.4 Å². The Hall–Kier alpha value is -0.610. The molecule has 1 amide bonds. The predicted molar refractivity (Wildman–Crippen MR) is 59.0 cm³/mol. The van der Waals surface area contributed by atoms with Crippen molar-refractivity contribution in [2.24, 2.45) is 0 Å². The van der Waals surface area contributed by atoms with Gasteiger partial charge in [0.1, 0.15) is 4.88 Å². The summed E-state index contributed by atoms with van der Waals surface area (Å²) in [6.07, 6.45) is 1.55. The summed E-state index contributed by atoms with van der Waals surface area (Å²) in [5, 5.41) is 2.73. The lowest BCUT2D eigenvalue weighted by Gasteiger charge is -2.28. The first-order valence-electron chi connectivity index (χ1n) is 4.28. The smallest absolute Gasteiger partial charge is 0.263 e. The van der Waals surface area contributed by atoms with E-state index in [-0.39, 0.29) is 11.3 Å². The number of nitrogens with zero attached hydrogens (tertiary/aromatic N) is 1. The van der Waals surface area contributed by atoms with Crippen LogP contribution in [0.2, 0.25) is 0 Å². The molecule has 1 atom stereocenters. The number of carbonyl (C=O) groups is 1. The minimum atomic E-state index is -0.414. The molecule has 14 heavy (non-hydrogen) atoms. The van der Waals surface area contributed by atoms with Gasteiger partial charge in [0.05, 0.1) is 22.6 Å². The van der Waals surface area contributed by atoms with Crippen LogP contribution in [0, 0.1) is 0 Å². The summed E-state index contributed by atoms with van der Waals surface area (Å²) in [6, 6.07) is 0. The van der Waals surface area contributed by atoms with Gasteiger partial charge in [-0.3, -0.25) is 9.78 Å². The second-order valence-electron chi connectivity index (χ2n) is 3.66. The lowest BCUT2D eigenvalue weighted by molar-refractivity contribution is 0.0916. The Morgan fingerprint density at radius 1 is 1.71 bits per heavy atom. The Balaban J connectivity index is 2.66. The first-order valence-corrected chi connectivity index (χ1v) is 5.60. The molecule has 0 radical (unpaired) electrons. The van der Waals surface area contributed by atoms with Crippen molar-refractivity contribution in [1.29, 1.82) is 0 Å². The molecule has 1 N–H and O–H groups in total. The van der Waals surface area contributed by atoms with Crippen LogP contribution < -0.4 is 5.32 Å². The van der Waals surface area contributed by atoms with Gasteiger partial charge in [0.25, 0.3) is 5.91 Å². The summed E-state index contributed by atoms with van der Waals surface area (Å²) < 4.78 is 0. The zero-order chi connectivity index (χ0) is 10.8.